The third kappa shape index (κ3) is 5.69. The van der Waals surface area contributed by atoms with Gasteiger partial charge in [-0.25, -0.2) is 38.4 Å². The van der Waals surface area contributed by atoms with Crippen molar-refractivity contribution >= 4 is 23.5 Å². The average Bonchev–Trinajstić information content (AvgIpc) is 3.48. The van der Waals surface area contributed by atoms with Crippen LogP contribution in [0.2, 0.25) is 0 Å². The maximum absolute atomic E-state index is 15.4. The van der Waals surface area contributed by atoms with Crippen molar-refractivity contribution in [3.8, 4) is 11.4 Å². The van der Waals surface area contributed by atoms with E-state index in [1.807, 2.05) is 20.8 Å². The number of hydrogen-bond donors (Lipinski definition) is 3. The minimum atomic E-state index is -3.17. The first-order chi connectivity index (χ1) is 17.4. The largest absolute Gasteiger partial charge is 0.343 e. The lowest BCUT2D eigenvalue weighted by atomic mass is 9.95. The van der Waals surface area contributed by atoms with Gasteiger partial charge in [0.15, 0.2) is 17.9 Å². The number of hydrogen-bond acceptors (Lipinski definition) is 9. The second-order valence-electron chi connectivity index (χ2n) is 9.47. The quantitative estimate of drug-likeness (QED) is 0.434. The van der Waals surface area contributed by atoms with Gasteiger partial charge < -0.3 is 10.6 Å². The number of rotatable bonds is 7. The van der Waals surface area contributed by atoms with Gasteiger partial charge in [-0.05, 0) is 18.6 Å². The summed E-state index contributed by atoms with van der Waals surface area (Å²) in [6.07, 6.45) is -0.941. The van der Waals surface area contributed by atoms with E-state index in [0.29, 0.717) is 5.82 Å². The molecule has 1 aromatic carbocycles. The van der Waals surface area contributed by atoms with Gasteiger partial charge in [0.1, 0.15) is 12.1 Å². The lowest BCUT2D eigenvalue weighted by molar-refractivity contribution is -0.116. The Morgan fingerprint density at radius 2 is 1.97 bits per heavy atom. The molecule has 37 heavy (non-hydrogen) atoms. The van der Waals surface area contributed by atoms with Crippen LogP contribution in [-0.4, -0.2) is 42.7 Å². The summed E-state index contributed by atoms with van der Waals surface area (Å²) in [4.78, 5) is 34.2. The number of anilines is 2. The fourth-order valence-electron chi connectivity index (χ4n) is 3.56. The van der Waals surface area contributed by atoms with E-state index >= 15 is 4.39 Å². The number of halogens is 3. The molecule has 0 bridgehead atoms. The highest BCUT2D eigenvalue weighted by molar-refractivity contribution is 6.37. The van der Waals surface area contributed by atoms with Crippen LogP contribution in [0.5, 0.6) is 0 Å². The van der Waals surface area contributed by atoms with Crippen LogP contribution in [0.25, 0.3) is 11.4 Å². The Bertz CT molecular complexity index is 1340. The summed E-state index contributed by atoms with van der Waals surface area (Å²) in [6.45, 7) is 7.12. The first-order valence-electron chi connectivity index (χ1n) is 11.3. The van der Waals surface area contributed by atoms with Crippen LogP contribution < -0.4 is 16.1 Å². The molecule has 2 aromatic heterocycles. The summed E-state index contributed by atoms with van der Waals surface area (Å²) < 4.78 is 45.1. The summed E-state index contributed by atoms with van der Waals surface area (Å²) in [6, 6.07) is 3.28. The van der Waals surface area contributed by atoms with Crippen molar-refractivity contribution in [3.63, 3.8) is 0 Å². The molecule has 3 N–H and O–H groups in total. The van der Waals surface area contributed by atoms with E-state index in [9.17, 15) is 13.6 Å². The fraction of sp³-hybridized carbons (Fsp3) is 0.391. The summed E-state index contributed by atoms with van der Waals surface area (Å²) in [7, 11) is 1.73. The first kappa shape index (κ1) is 26.0. The van der Waals surface area contributed by atoms with Gasteiger partial charge in [0.2, 0.25) is 11.8 Å². The fourth-order valence-corrected chi connectivity index (χ4v) is 3.56. The van der Waals surface area contributed by atoms with E-state index in [4.69, 9.17) is 4.84 Å². The van der Waals surface area contributed by atoms with Crippen molar-refractivity contribution in [2.75, 3.05) is 5.32 Å². The lowest BCUT2D eigenvalue weighted by Crippen LogP contribution is -2.38. The molecule has 2 unspecified atom stereocenters. The van der Waals surface area contributed by atoms with Crippen LogP contribution in [0.3, 0.4) is 0 Å². The molecule has 14 heteroatoms. The van der Waals surface area contributed by atoms with Gasteiger partial charge in [0.05, 0.1) is 17.2 Å². The van der Waals surface area contributed by atoms with Crippen molar-refractivity contribution in [3.05, 3.63) is 47.7 Å². The van der Waals surface area contributed by atoms with Gasteiger partial charge >= 0.3 is 0 Å². The third-order valence-electron chi connectivity index (χ3n) is 5.48. The lowest BCUT2D eigenvalue weighted by Gasteiger charge is -2.21. The number of aromatic nitrogens is 5. The molecule has 1 aliphatic rings. The number of aliphatic imine (C=N–C) groups is 1. The first-order valence-corrected chi connectivity index (χ1v) is 11.3. The molecule has 3 aromatic rings. The predicted octanol–water partition coefficient (Wildman–Crippen LogP) is 3.58. The zero-order valence-electron chi connectivity index (χ0n) is 20.8. The average molecular weight is 518 g/mol. The van der Waals surface area contributed by atoms with E-state index in [-0.39, 0.29) is 34.2 Å². The number of aryl methyl sites for hydroxylation is 1. The Labute approximate surface area is 210 Å². The van der Waals surface area contributed by atoms with Crippen LogP contribution in [0.4, 0.5) is 24.9 Å². The Balaban J connectivity index is 1.59. The number of benzene rings is 1. The van der Waals surface area contributed by atoms with E-state index in [2.05, 4.69) is 41.2 Å². The van der Waals surface area contributed by atoms with E-state index in [0.717, 1.165) is 6.33 Å². The second-order valence-corrected chi connectivity index (χ2v) is 9.47. The van der Waals surface area contributed by atoms with Crippen LogP contribution >= 0.6 is 0 Å². The van der Waals surface area contributed by atoms with Crippen molar-refractivity contribution in [2.45, 2.75) is 46.4 Å². The minimum Gasteiger partial charge on any atom is -0.343 e. The maximum atomic E-state index is 15.4. The topological polar surface area (TPSA) is 131 Å². The molecule has 1 aliphatic heterocycles. The molecule has 4 rings (SSSR count). The van der Waals surface area contributed by atoms with Gasteiger partial charge in [-0.3, -0.25) is 9.48 Å². The zero-order valence-corrected chi connectivity index (χ0v) is 20.8. The number of hydroxylamine groups is 1. The number of amidine groups is 1. The normalized spacial score (nSPS) is 16.4. The monoisotopic (exact) mass is 517 g/mol. The zero-order chi connectivity index (χ0) is 26.9. The van der Waals surface area contributed by atoms with E-state index < -0.39 is 36.0 Å². The molecule has 11 nitrogen and oxygen atoms in total. The third-order valence-corrected chi connectivity index (χ3v) is 5.48. The van der Waals surface area contributed by atoms with E-state index in [1.165, 1.54) is 19.1 Å². The maximum Gasteiger partial charge on any atom is 0.289 e. The van der Waals surface area contributed by atoms with Gasteiger partial charge in [0.25, 0.3) is 12.3 Å². The summed E-state index contributed by atoms with van der Waals surface area (Å²) >= 11 is 0. The molecule has 3 heterocycles. The highest BCUT2D eigenvalue weighted by Crippen LogP contribution is 2.35. The summed E-state index contributed by atoms with van der Waals surface area (Å²) in [5.41, 5.74) is 0.876. The minimum absolute atomic E-state index is 0.0621. The van der Waals surface area contributed by atoms with Crippen LogP contribution in [0, 0.1) is 11.2 Å². The van der Waals surface area contributed by atoms with Crippen LogP contribution in [0.15, 0.2) is 35.7 Å². The number of carbonyl (C=O) groups is 1. The smallest absolute Gasteiger partial charge is 0.289 e. The number of nitrogens with one attached hydrogen (secondary N) is 3. The Hall–Kier alpha value is -4.07. The van der Waals surface area contributed by atoms with Gasteiger partial charge in [0, 0.05) is 24.7 Å². The van der Waals surface area contributed by atoms with Crippen molar-refractivity contribution in [1.29, 1.82) is 0 Å². The Morgan fingerprint density at radius 3 is 2.59 bits per heavy atom. The molecule has 0 aliphatic carbocycles. The number of carbonyl (C=O) groups excluding carboxylic acids is 1. The molecule has 0 saturated heterocycles. The van der Waals surface area contributed by atoms with Crippen molar-refractivity contribution in [2.24, 2.45) is 17.5 Å². The number of alkyl halides is 2. The molecule has 0 fully saturated rings. The molecule has 0 radical (unpaired) electrons. The van der Waals surface area contributed by atoms with Gasteiger partial charge in [-0.15, -0.1) is 0 Å². The van der Waals surface area contributed by atoms with Gasteiger partial charge in [-0.2, -0.15) is 10.1 Å². The Morgan fingerprint density at radius 1 is 1.22 bits per heavy atom. The highest BCUT2D eigenvalue weighted by atomic mass is 19.3. The molecule has 1 amide bonds. The SMILES string of the molecule is CC(NC(=O)C1=NC(C(C)(C)C)ON1)c1ccc(-c2ncnc(Nc3ccn(C)n3)n2)c(F)c1C(F)F. The molecule has 196 valence electrons. The van der Waals surface area contributed by atoms with Crippen LogP contribution in [0.1, 0.15) is 51.3 Å². The van der Waals surface area contributed by atoms with Gasteiger partial charge in [-0.1, -0.05) is 26.8 Å². The molecule has 0 spiro atoms. The predicted molar refractivity (Wildman–Crippen MR) is 128 cm³/mol. The Kier molecular flexibility index (Phi) is 7.12. The number of amides is 1. The molecular formula is C23H26F3N9O2. The van der Waals surface area contributed by atoms with Crippen molar-refractivity contribution in [1.82, 2.24) is 35.5 Å². The molecule has 2 atom stereocenters. The molecule has 0 saturated carbocycles. The van der Waals surface area contributed by atoms with E-state index in [1.54, 1.807) is 24.0 Å². The summed E-state index contributed by atoms with van der Waals surface area (Å²) in [5, 5.41) is 9.54. The second kappa shape index (κ2) is 10.1. The van der Waals surface area contributed by atoms with Crippen molar-refractivity contribution < 1.29 is 22.8 Å². The number of nitrogens with zero attached hydrogens (tertiary/aromatic N) is 6. The summed E-state index contributed by atoms with van der Waals surface area (Å²) in [5.74, 6) is -1.62. The van der Waals surface area contributed by atoms with Crippen LogP contribution in [-0.2, 0) is 16.7 Å². The standard InChI is InChI=1S/C23H26F3N9O2/c1-11(29-20(36)19-31-21(37-34-19)23(2,3)4)12-6-7-13(16(24)15(12)17(25)26)18-27-10-28-22(32-18)30-14-8-9-35(5)33-14/h6-11,17,21H,1-5H3,(H,29,36)(H,31,34)(H,27,28,30,32,33). The highest BCUT2D eigenvalue weighted by Gasteiger charge is 2.33. The molecular weight excluding hydrogens is 491 g/mol.